The minimum absolute atomic E-state index is 0.280. The van der Waals surface area contributed by atoms with Gasteiger partial charge in [-0.25, -0.2) is 15.8 Å². The maximum absolute atomic E-state index is 11.9. The van der Waals surface area contributed by atoms with Crippen LogP contribution in [-0.2, 0) is 0 Å². The number of halogens is 1. The Hall–Kier alpha value is -2.97. The van der Waals surface area contributed by atoms with Crippen LogP contribution in [0.15, 0.2) is 48.8 Å². The lowest BCUT2D eigenvalue weighted by Crippen LogP contribution is -2.30. The van der Waals surface area contributed by atoms with E-state index in [-0.39, 0.29) is 5.56 Å². The fourth-order valence-electron chi connectivity index (χ4n) is 2.12. The van der Waals surface area contributed by atoms with Crippen molar-refractivity contribution in [2.24, 2.45) is 5.84 Å². The van der Waals surface area contributed by atoms with Crippen LogP contribution in [-0.4, -0.2) is 26.1 Å². The summed E-state index contributed by atoms with van der Waals surface area (Å²) in [5.74, 6) is 5.41. The Balaban J connectivity index is 2.01. The van der Waals surface area contributed by atoms with Crippen LogP contribution >= 0.6 is 11.6 Å². The van der Waals surface area contributed by atoms with Gasteiger partial charge in [0, 0.05) is 0 Å². The molecule has 9 heteroatoms. The zero-order chi connectivity index (χ0) is 16.9. The molecule has 1 aromatic carbocycles. The lowest BCUT2D eigenvalue weighted by molar-refractivity contribution is 0.0947. The molecule has 0 aliphatic carbocycles. The highest BCUT2D eigenvalue weighted by atomic mass is 35.5. The fourth-order valence-corrected chi connectivity index (χ4v) is 2.29. The molecule has 1 atom stereocenters. The molecule has 1 amide bonds. The number of benzene rings is 1. The van der Waals surface area contributed by atoms with Crippen LogP contribution < -0.4 is 16.0 Å². The summed E-state index contributed by atoms with van der Waals surface area (Å²) < 4.78 is 5.97. The standard InChI is InChI=1S/C15H13ClN6O2/c16-12-7-3-5-10(20-12)13(14-18-8-19-22-14)24-11-6-2-1-4-9(11)15(23)21-17/h1-8,13H,17H2,(H,21,23)(H,18,19,22). The van der Waals surface area contributed by atoms with E-state index < -0.39 is 12.0 Å². The summed E-state index contributed by atoms with van der Waals surface area (Å²) in [7, 11) is 0. The van der Waals surface area contributed by atoms with Gasteiger partial charge in [0.1, 0.15) is 17.2 Å². The van der Waals surface area contributed by atoms with Gasteiger partial charge in [-0.15, -0.1) is 0 Å². The Morgan fingerprint density at radius 3 is 2.79 bits per heavy atom. The molecule has 4 N–H and O–H groups in total. The third-order valence-electron chi connectivity index (χ3n) is 3.18. The predicted molar refractivity (Wildman–Crippen MR) is 86.2 cm³/mol. The molecule has 0 saturated heterocycles. The Morgan fingerprint density at radius 1 is 1.25 bits per heavy atom. The summed E-state index contributed by atoms with van der Waals surface area (Å²) in [5, 5.41) is 6.98. The Kier molecular flexibility index (Phi) is 4.69. The van der Waals surface area contributed by atoms with E-state index in [1.165, 1.54) is 6.33 Å². The van der Waals surface area contributed by atoms with Crippen LogP contribution in [0.3, 0.4) is 0 Å². The van der Waals surface area contributed by atoms with Crippen molar-refractivity contribution >= 4 is 17.5 Å². The van der Waals surface area contributed by atoms with Gasteiger partial charge in [0.15, 0.2) is 5.82 Å². The first-order chi connectivity index (χ1) is 11.7. The second kappa shape index (κ2) is 7.07. The lowest BCUT2D eigenvalue weighted by Gasteiger charge is -2.18. The van der Waals surface area contributed by atoms with Crippen LogP contribution in [0.25, 0.3) is 0 Å². The molecule has 0 radical (unpaired) electrons. The highest BCUT2D eigenvalue weighted by molar-refractivity contribution is 6.29. The number of H-pyrrole nitrogens is 1. The normalized spacial score (nSPS) is 11.8. The Morgan fingerprint density at radius 2 is 2.08 bits per heavy atom. The molecule has 2 heterocycles. The third kappa shape index (κ3) is 3.34. The average Bonchev–Trinajstić information content (AvgIpc) is 3.13. The van der Waals surface area contributed by atoms with Crippen molar-refractivity contribution in [1.29, 1.82) is 0 Å². The number of hydrogen-bond donors (Lipinski definition) is 3. The van der Waals surface area contributed by atoms with Gasteiger partial charge in [-0.1, -0.05) is 29.8 Å². The summed E-state index contributed by atoms with van der Waals surface area (Å²) in [6.45, 7) is 0. The lowest BCUT2D eigenvalue weighted by atomic mass is 10.1. The minimum Gasteiger partial charge on any atom is -0.475 e. The molecule has 0 aliphatic heterocycles. The number of amides is 1. The zero-order valence-corrected chi connectivity index (χ0v) is 13.1. The largest absolute Gasteiger partial charge is 0.475 e. The first-order valence-corrected chi connectivity index (χ1v) is 7.31. The van der Waals surface area contributed by atoms with Crippen molar-refractivity contribution in [3.8, 4) is 5.75 Å². The first kappa shape index (κ1) is 15.9. The van der Waals surface area contributed by atoms with Gasteiger partial charge in [0.05, 0.1) is 11.3 Å². The van der Waals surface area contributed by atoms with Crippen molar-refractivity contribution in [3.05, 3.63) is 71.0 Å². The number of nitrogens with one attached hydrogen (secondary N) is 2. The van der Waals surface area contributed by atoms with E-state index in [0.717, 1.165) is 0 Å². The number of nitrogens with zero attached hydrogens (tertiary/aromatic N) is 3. The molecule has 0 bridgehead atoms. The number of hydrazine groups is 1. The van der Waals surface area contributed by atoms with Crippen LogP contribution in [0, 0.1) is 0 Å². The molecule has 0 fully saturated rings. The van der Waals surface area contributed by atoms with Gasteiger partial charge in [-0.05, 0) is 24.3 Å². The van der Waals surface area contributed by atoms with Gasteiger partial charge < -0.3 is 4.74 Å². The van der Waals surface area contributed by atoms with Crippen molar-refractivity contribution < 1.29 is 9.53 Å². The van der Waals surface area contributed by atoms with E-state index in [0.29, 0.717) is 22.4 Å². The molecule has 0 spiro atoms. The van der Waals surface area contributed by atoms with E-state index in [2.05, 4.69) is 25.6 Å². The number of rotatable bonds is 5. The smallest absolute Gasteiger partial charge is 0.268 e. The van der Waals surface area contributed by atoms with Gasteiger partial charge >= 0.3 is 0 Å². The number of aromatic nitrogens is 4. The topological polar surface area (TPSA) is 119 Å². The molecule has 0 aliphatic rings. The second-order valence-corrected chi connectivity index (χ2v) is 5.10. The number of nitrogen functional groups attached to an aromatic ring is 1. The number of aromatic amines is 1. The molecule has 122 valence electrons. The third-order valence-corrected chi connectivity index (χ3v) is 3.39. The van der Waals surface area contributed by atoms with Crippen LogP contribution in [0.2, 0.25) is 5.15 Å². The first-order valence-electron chi connectivity index (χ1n) is 6.94. The van der Waals surface area contributed by atoms with E-state index in [1.54, 1.807) is 42.5 Å². The summed E-state index contributed by atoms with van der Waals surface area (Å²) in [6, 6.07) is 11.8. The summed E-state index contributed by atoms with van der Waals surface area (Å²) in [4.78, 5) is 20.3. The van der Waals surface area contributed by atoms with E-state index in [9.17, 15) is 4.79 Å². The quantitative estimate of drug-likeness (QED) is 0.280. The molecule has 3 aromatic rings. The fraction of sp³-hybridized carbons (Fsp3) is 0.0667. The molecule has 24 heavy (non-hydrogen) atoms. The molecule has 8 nitrogen and oxygen atoms in total. The summed E-state index contributed by atoms with van der Waals surface area (Å²) >= 11 is 5.96. The van der Waals surface area contributed by atoms with E-state index in [1.807, 2.05) is 0 Å². The van der Waals surface area contributed by atoms with Gasteiger partial charge in [-0.3, -0.25) is 15.3 Å². The maximum Gasteiger partial charge on any atom is 0.268 e. The van der Waals surface area contributed by atoms with Crippen molar-refractivity contribution in [3.63, 3.8) is 0 Å². The predicted octanol–water partition coefficient (Wildman–Crippen LogP) is 1.62. The number of pyridine rings is 1. The van der Waals surface area contributed by atoms with Crippen molar-refractivity contribution in [2.45, 2.75) is 6.10 Å². The van der Waals surface area contributed by atoms with Gasteiger partial charge in [0.25, 0.3) is 5.91 Å². The summed E-state index contributed by atoms with van der Waals surface area (Å²) in [6.07, 6.45) is 0.677. The number of ether oxygens (including phenoxy) is 1. The number of para-hydroxylation sites is 1. The monoisotopic (exact) mass is 344 g/mol. The van der Waals surface area contributed by atoms with Crippen LogP contribution in [0.5, 0.6) is 5.75 Å². The molecule has 2 aromatic heterocycles. The highest BCUT2D eigenvalue weighted by Crippen LogP contribution is 2.28. The number of carbonyl (C=O) groups is 1. The van der Waals surface area contributed by atoms with Crippen molar-refractivity contribution in [1.82, 2.24) is 25.6 Å². The second-order valence-electron chi connectivity index (χ2n) is 4.71. The highest BCUT2D eigenvalue weighted by Gasteiger charge is 2.24. The molecule has 1 unspecified atom stereocenters. The average molecular weight is 345 g/mol. The Bertz CT molecular complexity index is 839. The van der Waals surface area contributed by atoms with Crippen LogP contribution in [0.4, 0.5) is 0 Å². The summed E-state index contributed by atoms with van der Waals surface area (Å²) in [5.41, 5.74) is 2.87. The maximum atomic E-state index is 11.9. The van der Waals surface area contributed by atoms with E-state index in [4.69, 9.17) is 22.2 Å². The van der Waals surface area contributed by atoms with E-state index >= 15 is 0 Å². The number of nitrogens with two attached hydrogens (primary N) is 1. The molecule has 3 rings (SSSR count). The molecule has 0 saturated carbocycles. The SMILES string of the molecule is NNC(=O)c1ccccc1OC(c1cccc(Cl)n1)c1nc[nH]n1. The molecular weight excluding hydrogens is 332 g/mol. The zero-order valence-electron chi connectivity index (χ0n) is 12.3. The van der Waals surface area contributed by atoms with Gasteiger partial charge in [0.2, 0.25) is 6.10 Å². The minimum atomic E-state index is -0.748. The Labute approximate surface area is 142 Å². The number of carbonyl (C=O) groups excluding carboxylic acids is 1. The molecular formula is C15H13ClN6O2. The van der Waals surface area contributed by atoms with Gasteiger partial charge in [-0.2, -0.15) is 5.10 Å². The number of hydrogen-bond acceptors (Lipinski definition) is 6. The van der Waals surface area contributed by atoms with Crippen LogP contribution in [0.1, 0.15) is 28.0 Å². The van der Waals surface area contributed by atoms with Crippen molar-refractivity contribution in [2.75, 3.05) is 0 Å².